The van der Waals surface area contributed by atoms with E-state index in [1.54, 1.807) is 38.2 Å². The lowest BCUT2D eigenvalue weighted by molar-refractivity contribution is -0.136. The zero-order valence-electron chi connectivity index (χ0n) is 33.0. The number of aryl methyl sites for hydroxylation is 3. The van der Waals surface area contributed by atoms with Crippen LogP contribution in [0, 0.1) is 0 Å². The number of hydrogen-bond donors (Lipinski definition) is 2. The Morgan fingerprint density at radius 2 is 1.75 bits per heavy atom. The van der Waals surface area contributed by atoms with Crippen molar-refractivity contribution in [3.8, 4) is 0 Å². The fourth-order valence-electron chi connectivity index (χ4n) is 8.31. The molecule has 1 unspecified atom stereocenters. The van der Waals surface area contributed by atoms with Crippen molar-refractivity contribution in [2.24, 2.45) is 7.05 Å². The van der Waals surface area contributed by atoms with Gasteiger partial charge in [0.2, 0.25) is 17.7 Å². The molecule has 2 aromatic carbocycles. The number of benzene rings is 2. The molecule has 0 saturated carbocycles. The Hall–Kier alpha value is -5.79. The monoisotopic (exact) mass is 775 g/mol. The number of aromatic nitrogens is 6. The maximum atomic E-state index is 13.3. The van der Waals surface area contributed by atoms with E-state index in [0.717, 1.165) is 103 Å². The number of unbranched alkanes of at least 4 members (excludes halogenated alkanes) is 7. The van der Waals surface area contributed by atoms with Crippen molar-refractivity contribution in [2.75, 3.05) is 26.7 Å². The molecule has 7 rings (SSSR count). The van der Waals surface area contributed by atoms with E-state index in [2.05, 4.69) is 44.9 Å². The lowest BCUT2D eigenvalue weighted by Gasteiger charge is -2.28. The molecule has 14 nitrogen and oxygen atoms in total. The molecule has 1 atom stereocenters. The van der Waals surface area contributed by atoms with Gasteiger partial charge in [-0.05, 0) is 67.0 Å². The average Bonchev–Trinajstić information content (AvgIpc) is 3.96. The summed E-state index contributed by atoms with van der Waals surface area (Å²) in [6, 6.07) is 13.3. The first kappa shape index (κ1) is 39.4. The number of nitrogens with zero attached hydrogens (tertiary/aromatic N) is 7. The van der Waals surface area contributed by atoms with Gasteiger partial charge in [0.15, 0.2) is 0 Å². The number of carbonyl (C=O) groups excluding carboxylic acids is 4. The van der Waals surface area contributed by atoms with Crippen LogP contribution in [0.2, 0.25) is 0 Å². The van der Waals surface area contributed by atoms with Crippen molar-refractivity contribution in [2.45, 2.75) is 96.1 Å². The number of hydrogen-bond acceptors (Lipinski definition) is 7. The molecule has 2 N–H and O–H groups in total. The third kappa shape index (κ3) is 9.11. The predicted molar refractivity (Wildman–Crippen MR) is 218 cm³/mol. The summed E-state index contributed by atoms with van der Waals surface area (Å²) in [5.41, 5.74) is 6.12. The number of piperidine rings is 1. The molecule has 2 aliphatic heterocycles. The molecule has 0 radical (unpaired) electrons. The summed E-state index contributed by atoms with van der Waals surface area (Å²) < 4.78 is 4.86. The minimum absolute atomic E-state index is 0.0166. The number of fused-ring (bicyclic) bond motifs is 2. The third-order valence-corrected chi connectivity index (χ3v) is 11.5. The highest BCUT2D eigenvalue weighted by Gasteiger charge is 2.31. The lowest BCUT2D eigenvalue weighted by Crippen LogP contribution is -2.44. The van der Waals surface area contributed by atoms with Gasteiger partial charge in [-0.3, -0.25) is 38.3 Å². The van der Waals surface area contributed by atoms with Crippen molar-refractivity contribution in [1.82, 2.24) is 44.2 Å². The molecular weight excluding hydrogens is 723 g/mol. The van der Waals surface area contributed by atoms with E-state index in [1.807, 2.05) is 36.2 Å². The fourth-order valence-corrected chi connectivity index (χ4v) is 8.31. The van der Waals surface area contributed by atoms with Crippen LogP contribution in [0.15, 0.2) is 65.7 Å². The number of imide groups is 1. The highest BCUT2D eigenvalue weighted by atomic mass is 16.2. The Kier molecular flexibility index (Phi) is 12.4. The molecule has 3 aromatic heterocycles. The van der Waals surface area contributed by atoms with E-state index in [4.69, 9.17) is 0 Å². The first-order valence-electron chi connectivity index (χ1n) is 20.4. The van der Waals surface area contributed by atoms with Gasteiger partial charge in [0.1, 0.15) is 11.7 Å². The van der Waals surface area contributed by atoms with Gasteiger partial charge >= 0.3 is 5.69 Å². The van der Waals surface area contributed by atoms with Crippen molar-refractivity contribution < 1.29 is 19.2 Å². The van der Waals surface area contributed by atoms with Gasteiger partial charge in [-0.1, -0.05) is 74.1 Å². The van der Waals surface area contributed by atoms with E-state index in [0.29, 0.717) is 44.7 Å². The van der Waals surface area contributed by atoms with Crippen LogP contribution in [0.1, 0.15) is 105 Å². The van der Waals surface area contributed by atoms with Crippen molar-refractivity contribution in [3.63, 3.8) is 0 Å². The number of aromatic amines is 1. The number of H-pyrrole nitrogens is 1. The Morgan fingerprint density at radius 1 is 0.965 bits per heavy atom. The number of amides is 4. The first-order chi connectivity index (χ1) is 27.7. The molecule has 1 saturated heterocycles. The van der Waals surface area contributed by atoms with Crippen LogP contribution in [0.5, 0.6) is 0 Å². The molecule has 300 valence electrons. The Bertz CT molecular complexity index is 2330. The van der Waals surface area contributed by atoms with Gasteiger partial charge in [-0.15, -0.1) is 5.10 Å². The van der Waals surface area contributed by atoms with Crippen LogP contribution in [0.3, 0.4) is 0 Å². The smallest absolute Gasteiger partial charge is 0.329 e. The summed E-state index contributed by atoms with van der Waals surface area (Å²) in [5.74, 6) is -0.624. The average molecular weight is 776 g/mol. The molecule has 1 fully saturated rings. The van der Waals surface area contributed by atoms with Gasteiger partial charge < -0.3 is 14.8 Å². The summed E-state index contributed by atoms with van der Waals surface area (Å²) in [4.78, 5) is 70.7. The van der Waals surface area contributed by atoms with Gasteiger partial charge in [-0.25, -0.2) is 4.79 Å². The van der Waals surface area contributed by atoms with E-state index < -0.39 is 11.9 Å². The van der Waals surface area contributed by atoms with Crippen LogP contribution in [0.4, 0.5) is 0 Å². The molecule has 0 bridgehead atoms. The van der Waals surface area contributed by atoms with Crippen molar-refractivity contribution in [1.29, 1.82) is 0 Å². The standard InChI is InChI=1S/C43H53N9O5/c1-48(42(56)35-28-32-18-17-31(27-34(32)45-35)33-15-12-24-50(29-33)39(54)21-25-51-26-22-44-47-51)23-10-8-6-4-3-5-7-9-13-30-14-11-16-36-40(30)49(2)43(57)52(36)37-19-20-38(53)46-41(37)55/h11,14-18,22,26-28,37,45H,3-10,12-13,19-21,23-25,29H2,1-2H3,(H,46,53,55). The van der Waals surface area contributed by atoms with Crippen LogP contribution in [-0.4, -0.2) is 89.2 Å². The van der Waals surface area contributed by atoms with Gasteiger partial charge in [0.25, 0.3) is 5.91 Å². The Labute approximate surface area is 331 Å². The normalized spacial score (nSPS) is 16.0. The predicted octanol–water partition coefficient (Wildman–Crippen LogP) is 5.53. The zero-order chi connectivity index (χ0) is 39.9. The topological polar surface area (TPSA) is 160 Å². The van der Waals surface area contributed by atoms with E-state index >= 15 is 0 Å². The molecule has 5 heterocycles. The zero-order valence-corrected chi connectivity index (χ0v) is 33.0. The second-order valence-electron chi connectivity index (χ2n) is 15.5. The SMILES string of the molecule is CN(CCCCCCCCCCc1cccc2c1n(C)c(=O)n2C1CCC(=O)NC1=O)C(=O)c1cc2ccc(C3=CCCN(C(=O)CCn4ccnn4)C3)cc2[nH]1. The lowest BCUT2D eigenvalue weighted by atomic mass is 10.00. The number of imidazole rings is 1. The van der Waals surface area contributed by atoms with Crippen LogP contribution in [0.25, 0.3) is 27.5 Å². The Morgan fingerprint density at radius 3 is 2.53 bits per heavy atom. The number of nitrogens with one attached hydrogen (secondary N) is 2. The molecule has 14 heteroatoms. The fraction of sp³-hybridized carbons (Fsp3) is 0.465. The third-order valence-electron chi connectivity index (χ3n) is 11.5. The second-order valence-corrected chi connectivity index (χ2v) is 15.5. The summed E-state index contributed by atoms with van der Waals surface area (Å²) in [5, 5.41) is 11.1. The van der Waals surface area contributed by atoms with Crippen LogP contribution in [-0.2, 0) is 34.4 Å². The molecule has 4 amide bonds. The molecule has 57 heavy (non-hydrogen) atoms. The quantitative estimate of drug-likeness (QED) is 0.0928. The van der Waals surface area contributed by atoms with Gasteiger partial charge in [0, 0.05) is 63.7 Å². The minimum Gasteiger partial charge on any atom is -0.351 e. The summed E-state index contributed by atoms with van der Waals surface area (Å²) in [6.07, 6.45) is 16.9. The molecule has 5 aromatic rings. The van der Waals surface area contributed by atoms with Gasteiger partial charge in [-0.2, -0.15) is 0 Å². The van der Waals surface area contributed by atoms with E-state index in [-0.39, 0.29) is 29.8 Å². The molecular formula is C43H53N9O5. The highest BCUT2D eigenvalue weighted by molar-refractivity contribution is 6.00. The first-order valence-corrected chi connectivity index (χ1v) is 20.4. The molecule has 2 aliphatic rings. The van der Waals surface area contributed by atoms with Crippen molar-refractivity contribution >= 4 is 51.1 Å². The van der Waals surface area contributed by atoms with E-state index in [9.17, 15) is 24.0 Å². The largest absolute Gasteiger partial charge is 0.351 e. The summed E-state index contributed by atoms with van der Waals surface area (Å²) >= 11 is 0. The second kappa shape index (κ2) is 18.0. The van der Waals surface area contributed by atoms with Crippen LogP contribution < -0.4 is 11.0 Å². The number of rotatable bonds is 17. The number of para-hydroxylation sites is 1. The maximum Gasteiger partial charge on any atom is 0.329 e. The van der Waals surface area contributed by atoms with Crippen molar-refractivity contribution in [3.05, 3.63) is 88.2 Å². The summed E-state index contributed by atoms with van der Waals surface area (Å²) in [7, 11) is 3.62. The van der Waals surface area contributed by atoms with E-state index in [1.165, 1.54) is 0 Å². The highest BCUT2D eigenvalue weighted by Crippen LogP contribution is 2.28. The van der Waals surface area contributed by atoms with Gasteiger partial charge in [0.05, 0.1) is 23.8 Å². The maximum absolute atomic E-state index is 13.3. The molecule has 0 spiro atoms. The number of carbonyl (C=O) groups is 4. The Balaban J connectivity index is 0.803. The minimum atomic E-state index is -0.675. The summed E-state index contributed by atoms with van der Waals surface area (Å²) in [6.45, 7) is 2.47. The molecule has 0 aliphatic carbocycles. The van der Waals surface area contributed by atoms with Crippen LogP contribution >= 0.6 is 0 Å².